The van der Waals surface area contributed by atoms with Gasteiger partial charge in [0.25, 0.3) is 0 Å². The SMILES string of the molecule is CC1(C)[C@@H]2C[C@H]3OB([C@H](Cc4ccccc4)NC(=O)NC[C@H]4CCCCN4)O[C@@]3(C)[C@H]1C2. The van der Waals surface area contributed by atoms with E-state index in [1.54, 1.807) is 0 Å². The molecule has 0 aromatic heterocycles. The molecule has 6 nitrogen and oxygen atoms in total. The van der Waals surface area contributed by atoms with Crippen LogP contribution in [0.1, 0.15) is 58.4 Å². The average Bonchev–Trinajstić information content (AvgIpc) is 3.16. The second kappa shape index (κ2) is 8.66. The largest absolute Gasteiger partial charge is 0.482 e. The third-order valence-electron chi connectivity index (χ3n) is 8.83. The lowest BCUT2D eigenvalue weighted by Crippen LogP contribution is -2.65. The highest BCUT2D eigenvalue weighted by Gasteiger charge is 2.68. The van der Waals surface area contributed by atoms with Crippen molar-refractivity contribution in [2.45, 2.75) is 83.0 Å². The van der Waals surface area contributed by atoms with Crippen LogP contribution in [0.25, 0.3) is 0 Å². The lowest BCUT2D eigenvalue weighted by molar-refractivity contribution is -0.199. The number of amides is 2. The highest BCUT2D eigenvalue weighted by atomic mass is 16.7. The van der Waals surface area contributed by atoms with Gasteiger partial charge in [0, 0.05) is 12.6 Å². The summed E-state index contributed by atoms with van der Waals surface area (Å²) >= 11 is 0. The number of hydrogen-bond acceptors (Lipinski definition) is 4. The molecule has 2 bridgehead atoms. The minimum absolute atomic E-state index is 0.110. The highest BCUT2D eigenvalue weighted by molar-refractivity contribution is 6.48. The van der Waals surface area contributed by atoms with Gasteiger partial charge < -0.3 is 25.3 Å². The van der Waals surface area contributed by atoms with E-state index in [2.05, 4.69) is 48.9 Å². The van der Waals surface area contributed by atoms with E-state index >= 15 is 0 Å². The number of benzene rings is 1. The predicted molar refractivity (Wildman–Crippen MR) is 126 cm³/mol. The summed E-state index contributed by atoms with van der Waals surface area (Å²) in [5, 5.41) is 9.75. The molecule has 0 radical (unpaired) electrons. The van der Waals surface area contributed by atoms with Gasteiger partial charge in [0.05, 0.1) is 17.6 Å². The van der Waals surface area contributed by atoms with Gasteiger partial charge in [-0.1, -0.05) is 50.6 Å². The fourth-order valence-electron chi connectivity index (χ4n) is 6.69. The summed E-state index contributed by atoms with van der Waals surface area (Å²) in [5.74, 6) is 0.978. The van der Waals surface area contributed by atoms with Crippen molar-refractivity contribution in [3.63, 3.8) is 0 Å². The molecule has 0 spiro atoms. The first-order valence-corrected chi connectivity index (χ1v) is 12.5. The van der Waals surface area contributed by atoms with E-state index in [4.69, 9.17) is 9.31 Å². The molecule has 2 heterocycles. The van der Waals surface area contributed by atoms with Crippen LogP contribution in [0.2, 0.25) is 0 Å². The number of urea groups is 1. The summed E-state index contributed by atoms with van der Waals surface area (Å²) in [4.78, 5) is 12.9. The average molecular weight is 439 g/mol. The Kier molecular flexibility index (Phi) is 6.02. The molecular weight excluding hydrogens is 401 g/mol. The molecule has 2 saturated heterocycles. The lowest BCUT2D eigenvalue weighted by Gasteiger charge is -2.64. The fourth-order valence-corrected chi connectivity index (χ4v) is 6.69. The zero-order chi connectivity index (χ0) is 22.3. The van der Waals surface area contributed by atoms with Crippen molar-refractivity contribution in [1.82, 2.24) is 16.0 Å². The van der Waals surface area contributed by atoms with Crippen molar-refractivity contribution in [2.24, 2.45) is 17.3 Å². The van der Waals surface area contributed by atoms with Crippen molar-refractivity contribution in [1.29, 1.82) is 0 Å². The van der Waals surface area contributed by atoms with Crippen molar-refractivity contribution in [2.75, 3.05) is 13.1 Å². The van der Waals surface area contributed by atoms with E-state index < -0.39 is 7.12 Å². The number of carbonyl (C=O) groups is 1. The van der Waals surface area contributed by atoms with Crippen LogP contribution in [0.3, 0.4) is 0 Å². The van der Waals surface area contributed by atoms with Crippen LogP contribution < -0.4 is 16.0 Å². The van der Waals surface area contributed by atoms with Crippen LogP contribution in [0.5, 0.6) is 0 Å². The van der Waals surface area contributed by atoms with Crippen LogP contribution in [0.4, 0.5) is 4.79 Å². The van der Waals surface area contributed by atoms with Gasteiger partial charge in [0.1, 0.15) is 0 Å². The van der Waals surface area contributed by atoms with Gasteiger partial charge in [0.2, 0.25) is 0 Å². The second-order valence-corrected chi connectivity index (χ2v) is 11.1. The molecule has 3 aliphatic carbocycles. The molecule has 3 saturated carbocycles. The number of carbonyl (C=O) groups excluding carboxylic acids is 1. The molecule has 6 rings (SSSR count). The summed E-state index contributed by atoms with van der Waals surface area (Å²) in [6.07, 6.45) is 6.62. The van der Waals surface area contributed by atoms with E-state index in [1.165, 1.54) is 24.8 Å². The Balaban J connectivity index is 1.27. The molecule has 6 atom stereocenters. The Bertz CT molecular complexity index is 816. The molecule has 0 unspecified atom stereocenters. The van der Waals surface area contributed by atoms with Gasteiger partial charge in [0.15, 0.2) is 0 Å². The number of nitrogens with one attached hydrogen (secondary N) is 3. The van der Waals surface area contributed by atoms with E-state index in [9.17, 15) is 4.79 Å². The first kappa shape index (κ1) is 22.2. The minimum Gasteiger partial charge on any atom is -0.404 e. The third kappa shape index (κ3) is 4.08. The molecule has 32 heavy (non-hydrogen) atoms. The third-order valence-corrected chi connectivity index (χ3v) is 8.83. The van der Waals surface area contributed by atoms with Gasteiger partial charge in [-0.25, -0.2) is 4.79 Å². The van der Waals surface area contributed by atoms with Crippen molar-refractivity contribution in [3.8, 4) is 0 Å². The molecule has 2 amide bonds. The van der Waals surface area contributed by atoms with Crippen LogP contribution in [0.15, 0.2) is 30.3 Å². The Morgan fingerprint density at radius 2 is 2.03 bits per heavy atom. The topological polar surface area (TPSA) is 71.6 Å². The fraction of sp³-hybridized carbons (Fsp3) is 0.720. The smallest absolute Gasteiger partial charge is 0.404 e. The zero-order valence-corrected chi connectivity index (χ0v) is 19.7. The predicted octanol–water partition coefficient (Wildman–Crippen LogP) is 3.31. The number of rotatable bonds is 6. The summed E-state index contributed by atoms with van der Waals surface area (Å²) in [6, 6.07) is 10.5. The number of hydrogen-bond donors (Lipinski definition) is 3. The molecule has 5 fully saturated rings. The van der Waals surface area contributed by atoms with Crippen molar-refractivity contribution < 1.29 is 14.1 Å². The van der Waals surface area contributed by atoms with Crippen molar-refractivity contribution >= 4 is 13.1 Å². The molecule has 1 aromatic carbocycles. The monoisotopic (exact) mass is 439 g/mol. The Hall–Kier alpha value is -1.57. The lowest BCUT2D eigenvalue weighted by atomic mass is 9.43. The van der Waals surface area contributed by atoms with Gasteiger partial charge >= 0.3 is 13.1 Å². The summed E-state index contributed by atoms with van der Waals surface area (Å²) in [5.41, 5.74) is 1.20. The molecule has 5 aliphatic rings. The van der Waals surface area contributed by atoms with E-state index in [-0.39, 0.29) is 23.7 Å². The van der Waals surface area contributed by atoms with Gasteiger partial charge in [-0.3, -0.25) is 0 Å². The standard InChI is InChI=1S/C25H38BN3O3/c1-24(2)18-14-20(24)25(3)21(15-18)31-26(32-25)22(13-17-9-5-4-6-10-17)29-23(30)28-16-19-11-7-8-12-27-19/h4-6,9-10,18-22,27H,7-8,11-16H2,1-3H3,(H2,28,29,30)/t18-,19+,20-,21+,22-,25-/m0/s1. The van der Waals surface area contributed by atoms with Crippen LogP contribution in [-0.2, 0) is 15.7 Å². The Labute approximate surface area is 192 Å². The van der Waals surface area contributed by atoms with E-state index in [0.717, 1.165) is 19.4 Å². The summed E-state index contributed by atoms with van der Waals surface area (Å²) < 4.78 is 13.2. The molecule has 1 aromatic rings. The molecule has 2 aliphatic heterocycles. The van der Waals surface area contributed by atoms with Crippen LogP contribution in [0, 0.1) is 17.3 Å². The van der Waals surface area contributed by atoms with Crippen LogP contribution in [-0.4, -0.2) is 49.9 Å². The van der Waals surface area contributed by atoms with Crippen LogP contribution >= 0.6 is 0 Å². The van der Waals surface area contributed by atoms with Gasteiger partial charge in [-0.15, -0.1) is 0 Å². The van der Waals surface area contributed by atoms with Crippen molar-refractivity contribution in [3.05, 3.63) is 35.9 Å². The molecular formula is C25H38BN3O3. The summed E-state index contributed by atoms with van der Waals surface area (Å²) in [6.45, 7) is 8.65. The maximum absolute atomic E-state index is 12.9. The first-order chi connectivity index (χ1) is 15.4. The minimum atomic E-state index is -0.432. The van der Waals surface area contributed by atoms with E-state index in [0.29, 0.717) is 36.3 Å². The van der Waals surface area contributed by atoms with E-state index in [1.807, 2.05) is 18.2 Å². The second-order valence-electron chi connectivity index (χ2n) is 11.1. The maximum Gasteiger partial charge on any atom is 0.482 e. The first-order valence-electron chi connectivity index (χ1n) is 12.5. The molecule has 3 N–H and O–H groups in total. The normalized spacial score (nSPS) is 36.0. The quantitative estimate of drug-likeness (QED) is 0.595. The van der Waals surface area contributed by atoms with Gasteiger partial charge in [-0.2, -0.15) is 0 Å². The number of piperidine rings is 1. The Morgan fingerprint density at radius 3 is 2.75 bits per heavy atom. The zero-order valence-electron chi connectivity index (χ0n) is 19.7. The highest BCUT2D eigenvalue weighted by Crippen LogP contribution is 2.65. The molecule has 174 valence electrons. The summed E-state index contributed by atoms with van der Waals surface area (Å²) in [7, 11) is -0.432. The maximum atomic E-state index is 12.9. The Morgan fingerprint density at radius 1 is 1.22 bits per heavy atom. The molecule has 7 heteroatoms. The van der Waals surface area contributed by atoms with Gasteiger partial charge in [-0.05, 0) is 68.4 Å².